The zero-order valence-corrected chi connectivity index (χ0v) is 11.8. The van der Waals surface area contributed by atoms with E-state index in [9.17, 15) is 4.79 Å². The smallest absolute Gasteiger partial charge is 0.408 e. The number of hydrogen-bond acceptors (Lipinski definition) is 4. The summed E-state index contributed by atoms with van der Waals surface area (Å²) in [6, 6.07) is 8.17. The molecule has 1 fully saturated rings. The van der Waals surface area contributed by atoms with Crippen LogP contribution in [0.25, 0.3) is 11.1 Å². The fourth-order valence-corrected chi connectivity index (χ4v) is 2.96. The number of aromatic nitrogens is 1. The van der Waals surface area contributed by atoms with Crippen LogP contribution < -0.4 is 11.1 Å². The number of para-hydroxylation sites is 2. The average Bonchev–Trinajstić information content (AvgIpc) is 2.81. The van der Waals surface area contributed by atoms with Crippen molar-refractivity contribution in [2.24, 2.45) is 0 Å². The molecular formula is C15H21N3O2. The number of likely N-dealkylation sites (N-methyl/N-ethyl adjacent to an activating group) is 1. The Kier molecular flexibility index (Phi) is 3.89. The van der Waals surface area contributed by atoms with Crippen molar-refractivity contribution in [2.75, 3.05) is 26.7 Å². The zero-order valence-electron chi connectivity index (χ0n) is 11.8. The van der Waals surface area contributed by atoms with E-state index >= 15 is 0 Å². The van der Waals surface area contributed by atoms with E-state index in [2.05, 4.69) is 10.2 Å². The maximum absolute atomic E-state index is 11.9. The van der Waals surface area contributed by atoms with Gasteiger partial charge in [0.2, 0.25) is 0 Å². The molecule has 0 radical (unpaired) electrons. The van der Waals surface area contributed by atoms with Gasteiger partial charge in [0.1, 0.15) is 0 Å². The van der Waals surface area contributed by atoms with Gasteiger partial charge < -0.3 is 14.6 Å². The first kappa shape index (κ1) is 13.4. The van der Waals surface area contributed by atoms with E-state index in [1.165, 1.54) is 12.8 Å². The number of hydrogen-bond donors (Lipinski definition) is 1. The second-order valence-electron chi connectivity index (χ2n) is 5.42. The maximum Gasteiger partial charge on any atom is 0.419 e. The summed E-state index contributed by atoms with van der Waals surface area (Å²) in [5, 5.41) is 3.34. The molecule has 108 valence electrons. The van der Waals surface area contributed by atoms with Crippen LogP contribution in [-0.2, 0) is 6.54 Å². The van der Waals surface area contributed by atoms with Crippen molar-refractivity contribution in [1.29, 1.82) is 0 Å². The number of oxazole rings is 1. The Morgan fingerprint density at radius 2 is 2.20 bits per heavy atom. The molecule has 1 unspecified atom stereocenters. The number of likely N-dealkylation sites (tertiary alicyclic amines) is 1. The Bertz CT molecular complexity index is 631. The Hall–Kier alpha value is -1.59. The molecule has 20 heavy (non-hydrogen) atoms. The van der Waals surface area contributed by atoms with Crippen LogP contribution in [0.3, 0.4) is 0 Å². The van der Waals surface area contributed by atoms with Gasteiger partial charge in [-0.3, -0.25) is 4.57 Å². The Balaban J connectivity index is 1.71. The van der Waals surface area contributed by atoms with Crippen molar-refractivity contribution in [1.82, 2.24) is 14.8 Å². The molecule has 1 atom stereocenters. The van der Waals surface area contributed by atoms with Crippen LogP contribution in [0.4, 0.5) is 0 Å². The first-order chi connectivity index (χ1) is 9.78. The van der Waals surface area contributed by atoms with Crippen LogP contribution >= 0.6 is 0 Å². The number of fused-ring (bicyclic) bond motifs is 1. The lowest BCUT2D eigenvalue weighted by atomic mass is 10.1. The Morgan fingerprint density at radius 1 is 1.35 bits per heavy atom. The highest BCUT2D eigenvalue weighted by Gasteiger charge is 2.18. The van der Waals surface area contributed by atoms with Crippen molar-refractivity contribution in [2.45, 2.75) is 25.4 Å². The number of benzene rings is 1. The van der Waals surface area contributed by atoms with Gasteiger partial charge >= 0.3 is 5.76 Å². The largest absolute Gasteiger partial charge is 0.419 e. The maximum atomic E-state index is 11.9. The molecule has 5 heteroatoms. The quantitative estimate of drug-likeness (QED) is 0.913. The number of piperidine rings is 1. The van der Waals surface area contributed by atoms with Gasteiger partial charge in [-0.25, -0.2) is 4.79 Å². The third kappa shape index (κ3) is 2.64. The van der Waals surface area contributed by atoms with Crippen molar-refractivity contribution in [3.05, 3.63) is 34.8 Å². The van der Waals surface area contributed by atoms with Crippen LogP contribution in [-0.4, -0.2) is 42.2 Å². The summed E-state index contributed by atoms with van der Waals surface area (Å²) < 4.78 is 6.99. The second-order valence-corrected chi connectivity index (χ2v) is 5.42. The van der Waals surface area contributed by atoms with Crippen LogP contribution in [0.5, 0.6) is 0 Å². The molecule has 2 heterocycles. The van der Waals surface area contributed by atoms with Gasteiger partial charge in [0.25, 0.3) is 0 Å². The lowest BCUT2D eigenvalue weighted by Crippen LogP contribution is -2.45. The molecule has 3 rings (SSSR count). The molecule has 1 aliphatic rings. The SMILES string of the molecule is CNC1CCCN(CCn2c(=O)oc3ccccc32)C1. The third-order valence-electron chi connectivity index (χ3n) is 4.13. The normalized spacial score (nSPS) is 20.6. The van der Waals surface area contributed by atoms with Gasteiger partial charge in [0, 0.05) is 25.7 Å². The summed E-state index contributed by atoms with van der Waals surface area (Å²) >= 11 is 0. The molecule has 1 aromatic carbocycles. The molecule has 0 aliphatic carbocycles. The number of rotatable bonds is 4. The molecule has 0 spiro atoms. The predicted molar refractivity (Wildman–Crippen MR) is 79.0 cm³/mol. The van der Waals surface area contributed by atoms with Crippen LogP contribution in [0.1, 0.15) is 12.8 Å². The van der Waals surface area contributed by atoms with Crippen molar-refractivity contribution < 1.29 is 4.42 Å². The monoisotopic (exact) mass is 275 g/mol. The summed E-state index contributed by atoms with van der Waals surface area (Å²) in [7, 11) is 2.02. The van der Waals surface area contributed by atoms with Crippen LogP contribution in [0, 0.1) is 0 Å². The summed E-state index contributed by atoms with van der Waals surface area (Å²) in [6.45, 7) is 3.75. The predicted octanol–water partition coefficient (Wildman–Crippen LogP) is 1.28. The van der Waals surface area contributed by atoms with Gasteiger partial charge in [0.15, 0.2) is 5.58 Å². The molecule has 0 amide bonds. The first-order valence-electron chi connectivity index (χ1n) is 7.26. The van der Waals surface area contributed by atoms with Crippen molar-refractivity contribution >= 4 is 11.1 Å². The number of nitrogens with one attached hydrogen (secondary N) is 1. The lowest BCUT2D eigenvalue weighted by molar-refractivity contribution is 0.188. The number of nitrogens with zero attached hydrogens (tertiary/aromatic N) is 2. The molecule has 1 N–H and O–H groups in total. The van der Waals surface area contributed by atoms with Crippen LogP contribution in [0.2, 0.25) is 0 Å². The molecule has 0 saturated carbocycles. The molecule has 0 bridgehead atoms. The van der Waals surface area contributed by atoms with Crippen LogP contribution in [0.15, 0.2) is 33.5 Å². The minimum atomic E-state index is -0.256. The van der Waals surface area contributed by atoms with Gasteiger partial charge in [-0.15, -0.1) is 0 Å². The molecule has 1 saturated heterocycles. The van der Waals surface area contributed by atoms with E-state index in [4.69, 9.17) is 4.42 Å². The fourth-order valence-electron chi connectivity index (χ4n) is 2.96. The topological polar surface area (TPSA) is 50.4 Å². The van der Waals surface area contributed by atoms with E-state index in [1.807, 2.05) is 31.3 Å². The van der Waals surface area contributed by atoms with Crippen molar-refractivity contribution in [3.8, 4) is 0 Å². The molecule has 1 aliphatic heterocycles. The van der Waals surface area contributed by atoms with Gasteiger partial charge in [-0.2, -0.15) is 0 Å². The average molecular weight is 275 g/mol. The summed E-state index contributed by atoms with van der Waals surface area (Å²) in [5.74, 6) is -0.256. The first-order valence-corrected chi connectivity index (χ1v) is 7.26. The molecular weight excluding hydrogens is 254 g/mol. The Labute approximate surface area is 118 Å². The highest BCUT2D eigenvalue weighted by atomic mass is 16.4. The van der Waals surface area contributed by atoms with E-state index in [0.717, 1.165) is 25.2 Å². The third-order valence-corrected chi connectivity index (χ3v) is 4.13. The summed E-state index contributed by atoms with van der Waals surface area (Å²) in [4.78, 5) is 14.3. The fraction of sp³-hybridized carbons (Fsp3) is 0.533. The Morgan fingerprint density at radius 3 is 3.05 bits per heavy atom. The molecule has 5 nitrogen and oxygen atoms in total. The van der Waals surface area contributed by atoms with Gasteiger partial charge in [-0.1, -0.05) is 12.1 Å². The minimum Gasteiger partial charge on any atom is -0.408 e. The van der Waals surface area contributed by atoms with E-state index in [1.54, 1.807) is 4.57 Å². The second kappa shape index (κ2) is 5.81. The highest BCUT2D eigenvalue weighted by Crippen LogP contribution is 2.13. The standard InChI is InChI=1S/C15H21N3O2/c1-16-12-5-4-8-17(11-12)9-10-18-13-6-2-3-7-14(13)20-15(18)19/h2-3,6-7,12,16H,4-5,8-11H2,1H3. The zero-order chi connectivity index (χ0) is 13.9. The van der Waals surface area contributed by atoms with E-state index < -0.39 is 0 Å². The lowest BCUT2D eigenvalue weighted by Gasteiger charge is -2.32. The highest BCUT2D eigenvalue weighted by molar-refractivity contribution is 5.72. The van der Waals surface area contributed by atoms with E-state index in [0.29, 0.717) is 18.2 Å². The summed E-state index contributed by atoms with van der Waals surface area (Å²) in [6.07, 6.45) is 2.45. The molecule has 2 aromatic rings. The minimum absolute atomic E-state index is 0.256. The van der Waals surface area contributed by atoms with Gasteiger partial charge in [-0.05, 0) is 38.6 Å². The molecule has 1 aromatic heterocycles. The summed E-state index contributed by atoms with van der Waals surface area (Å²) in [5.41, 5.74) is 1.56. The van der Waals surface area contributed by atoms with Gasteiger partial charge in [0.05, 0.1) is 5.52 Å². The van der Waals surface area contributed by atoms with E-state index in [-0.39, 0.29) is 5.76 Å². The van der Waals surface area contributed by atoms with Crippen molar-refractivity contribution in [3.63, 3.8) is 0 Å².